The molecule has 0 amide bonds. The van der Waals surface area contributed by atoms with Crippen LogP contribution in [0.2, 0.25) is 0 Å². The first-order chi connectivity index (χ1) is 10.2. The second-order valence-electron chi connectivity index (χ2n) is 6.02. The second kappa shape index (κ2) is 6.14. The first-order valence-electron chi connectivity index (χ1n) is 7.96. The van der Waals surface area contributed by atoms with Gasteiger partial charge in [-0.2, -0.15) is 0 Å². The average Bonchev–Trinajstić information content (AvgIpc) is 2.52. The molecular weight excluding hydrogens is 280 g/mol. The average molecular weight is 302 g/mol. The second-order valence-corrected chi connectivity index (χ2v) is 6.41. The fourth-order valence-corrected chi connectivity index (χ4v) is 4.05. The molecule has 3 rings (SSSR count). The van der Waals surface area contributed by atoms with E-state index in [1.807, 2.05) is 28.8 Å². The van der Waals surface area contributed by atoms with Gasteiger partial charge in [-0.15, -0.1) is 0 Å². The minimum absolute atomic E-state index is 0.0618. The summed E-state index contributed by atoms with van der Waals surface area (Å²) in [6.07, 6.45) is 7.27. The summed E-state index contributed by atoms with van der Waals surface area (Å²) in [5, 5.41) is 0.736. The number of hydrogen-bond donors (Lipinski definition) is 1. The van der Waals surface area contributed by atoms with Crippen LogP contribution in [0.5, 0.6) is 0 Å². The fraction of sp³-hybridized carbons (Fsp3) is 0.529. The van der Waals surface area contributed by atoms with Crippen molar-refractivity contribution in [2.24, 2.45) is 5.92 Å². The van der Waals surface area contributed by atoms with Crippen molar-refractivity contribution in [3.63, 3.8) is 0 Å². The lowest BCUT2D eigenvalue weighted by Crippen LogP contribution is -2.31. The summed E-state index contributed by atoms with van der Waals surface area (Å²) in [7, 11) is 0. The summed E-state index contributed by atoms with van der Waals surface area (Å²) >= 11 is 5.49. The molecule has 0 aliphatic heterocycles. The minimum atomic E-state index is 0.0618. The van der Waals surface area contributed by atoms with Crippen molar-refractivity contribution in [3.8, 4) is 0 Å². The fourth-order valence-electron chi connectivity index (χ4n) is 3.72. The van der Waals surface area contributed by atoms with Crippen LogP contribution in [0.25, 0.3) is 10.9 Å². The Kier molecular flexibility index (Phi) is 4.24. The molecule has 1 unspecified atom stereocenters. The Morgan fingerprint density at radius 1 is 1.29 bits per heavy atom. The molecule has 1 N–H and O–H groups in total. The Morgan fingerprint density at radius 3 is 2.71 bits per heavy atom. The zero-order valence-corrected chi connectivity index (χ0v) is 13.3. The molecule has 0 spiro atoms. The van der Waals surface area contributed by atoms with Crippen LogP contribution in [0.1, 0.15) is 51.5 Å². The SMILES string of the molecule is CCC(C1CCCCC1)n1c(=S)[nH]c2ccccc2c1=O. The van der Waals surface area contributed by atoms with Gasteiger partial charge in [0.1, 0.15) is 0 Å². The lowest BCUT2D eigenvalue weighted by atomic mass is 9.83. The standard InChI is InChI=1S/C17H22N2OS/c1-2-15(12-8-4-3-5-9-12)19-16(20)13-10-6-7-11-14(13)18-17(19)21/h6-7,10-12,15H,2-5,8-9H2,1H3,(H,18,21). The largest absolute Gasteiger partial charge is 0.332 e. The minimum Gasteiger partial charge on any atom is -0.332 e. The number of aromatic nitrogens is 2. The number of nitrogens with zero attached hydrogens (tertiary/aromatic N) is 1. The highest BCUT2D eigenvalue weighted by atomic mass is 32.1. The molecule has 3 nitrogen and oxygen atoms in total. The molecule has 1 heterocycles. The third kappa shape index (κ3) is 2.69. The molecule has 21 heavy (non-hydrogen) atoms. The van der Waals surface area contributed by atoms with E-state index in [1.165, 1.54) is 32.1 Å². The van der Waals surface area contributed by atoms with Gasteiger partial charge < -0.3 is 4.98 Å². The molecule has 1 atom stereocenters. The van der Waals surface area contributed by atoms with E-state index in [0.717, 1.165) is 17.3 Å². The lowest BCUT2D eigenvalue weighted by Gasteiger charge is -2.31. The molecule has 112 valence electrons. The highest BCUT2D eigenvalue weighted by Crippen LogP contribution is 2.34. The van der Waals surface area contributed by atoms with E-state index in [2.05, 4.69) is 11.9 Å². The molecule has 1 aromatic carbocycles. The molecular formula is C17H22N2OS. The van der Waals surface area contributed by atoms with Gasteiger partial charge in [0.2, 0.25) is 0 Å². The maximum atomic E-state index is 12.9. The number of fused-ring (bicyclic) bond motifs is 1. The van der Waals surface area contributed by atoms with Crippen molar-refractivity contribution in [1.82, 2.24) is 9.55 Å². The van der Waals surface area contributed by atoms with Gasteiger partial charge >= 0.3 is 0 Å². The van der Waals surface area contributed by atoms with Gasteiger partial charge in [0.25, 0.3) is 5.56 Å². The molecule has 1 aliphatic rings. The summed E-state index contributed by atoms with van der Waals surface area (Å²) in [5.41, 5.74) is 0.897. The van der Waals surface area contributed by atoms with Gasteiger partial charge in [0, 0.05) is 6.04 Å². The summed E-state index contributed by atoms with van der Waals surface area (Å²) in [5.74, 6) is 0.581. The van der Waals surface area contributed by atoms with Crippen molar-refractivity contribution in [1.29, 1.82) is 0 Å². The van der Waals surface area contributed by atoms with Gasteiger partial charge in [0.15, 0.2) is 4.77 Å². The van der Waals surface area contributed by atoms with Crippen LogP contribution >= 0.6 is 12.2 Å². The number of para-hydroxylation sites is 1. The highest BCUT2D eigenvalue weighted by Gasteiger charge is 2.25. The first kappa shape index (κ1) is 14.5. The van der Waals surface area contributed by atoms with Crippen molar-refractivity contribution in [3.05, 3.63) is 39.4 Å². The predicted octanol–water partition coefficient (Wildman–Crippen LogP) is 4.59. The van der Waals surface area contributed by atoms with Gasteiger partial charge in [-0.05, 0) is 49.5 Å². The molecule has 2 aromatic rings. The maximum absolute atomic E-state index is 12.9. The van der Waals surface area contributed by atoms with Crippen molar-refractivity contribution in [2.75, 3.05) is 0 Å². The van der Waals surface area contributed by atoms with Gasteiger partial charge in [0.05, 0.1) is 10.9 Å². The Morgan fingerprint density at radius 2 is 2.00 bits per heavy atom. The van der Waals surface area contributed by atoms with Crippen LogP contribution in [-0.2, 0) is 0 Å². The van der Waals surface area contributed by atoms with Gasteiger partial charge in [-0.3, -0.25) is 9.36 Å². The number of H-pyrrole nitrogens is 1. The molecule has 1 aromatic heterocycles. The molecule has 0 radical (unpaired) electrons. The summed E-state index contributed by atoms with van der Waals surface area (Å²) in [6.45, 7) is 2.16. The summed E-state index contributed by atoms with van der Waals surface area (Å²) < 4.78 is 2.41. The summed E-state index contributed by atoms with van der Waals surface area (Å²) in [6, 6.07) is 7.86. The third-order valence-electron chi connectivity index (χ3n) is 4.78. The Bertz CT molecular complexity index is 740. The van der Waals surface area contributed by atoms with E-state index in [9.17, 15) is 4.79 Å². The monoisotopic (exact) mass is 302 g/mol. The van der Waals surface area contributed by atoms with Gasteiger partial charge in [-0.25, -0.2) is 0 Å². The molecule has 4 heteroatoms. The van der Waals surface area contributed by atoms with Crippen LogP contribution in [0.3, 0.4) is 0 Å². The van der Waals surface area contributed by atoms with E-state index in [0.29, 0.717) is 10.7 Å². The molecule has 1 saturated carbocycles. The van der Waals surface area contributed by atoms with Crippen LogP contribution in [0, 0.1) is 10.7 Å². The topological polar surface area (TPSA) is 37.8 Å². The van der Waals surface area contributed by atoms with E-state index in [4.69, 9.17) is 12.2 Å². The number of nitrogens with one attached hydrogen (secondary N) is 1. The summed E-state index contributed by atoms with van der Waals surface area (Å²) in [4.78, 5) is 16.1. The number of hydrogen-bond acceptors (Lipinski definition) is 2. The number of rotatable bonds is 3. The third-order valence-corrected chi connectivity index (χ3v) is 5.08. The first-order valence-corrected chi connectivity index (χ1v) is 8.36. The quantitative estimate of drug-likeness (QED) is 0.842. The van der Waals surface area contributed by atoms with Crippen molar-refractivity contribution in [2.45, 2.75) is 51.5 Å². The lowest BCUT2D eigenvalue weighted by molar-refractivity contribution is 0.236. The number of benzene rings is 1. The molecule has 0 saturated heterocycles. The number of aromatic amines is 1. The Hall–Kier alpha value is -1.42. The molecule has 1 aliphatic carbocycles. The molecule has 1 fully saturated rings. The smallest absolute Gasteiger partial charge is 0.262 e. The van der Waals surface area contributed by atoms with E-state index in [1.54, 1.807) is 0 Å². The maximum Gasteiger partial charge on any atom is 0.262 e. The Balaban J connectivity index is 2.13. The zero-order valence-electron chi connectivity index (χ0n) is 12.5. The molecule has 0 bridgehead atoms. The Labute approximate surface area is 130 Å². The van der Waals surface area contributed by atoms with Crippen molar-refractivity contribution >= 4 is 23.1 Å². The van der Waals surface area contributed by atoms with Crippen LogP contribution < -0.4 is 5.56 Å². The van der Waals surface area contributed by atoms with E-state index >= 15 is 0 Å². The van der Waals surface area contributed by atoms with Crippen molar-refractivity contribution < 1.29 is 0 Å². The predicted molar refractivity (Wildman–Crippen MR) is 89.3 cm³/mol. The van der Waals surface area contributed by atoms with E-state index < -0.39 is 0 Å². The van der Waals surface area contributed by atoms with Crippen LogP contribution in [0.4, 0.5) is 0 Å². The van der Waals surface area contributed by atoms with Gasteiger partial charge in [-0.1, -0.05) is 38.3 Å². The van der Waals surface area contributed by atoms with Crippen LogP contribution in [0.15, 0.2) is 29.1 Å². The van der Waals surface area contributed by atoms with Crippen LogP contribution in [-0.4, -0.2) is 9.55 Å². The highest BCUT2D eigenvalue weighted by molar-refractivity contribution is 7.71. The normalized spacial score (nSPS) is 18.0. The van der Waals surface area contributed by atoms with E-state index in [-0.39, 0.29) is 11.6 Å². The zero-order chi connectivity index (χ0) is 14.8.